The van der Waals surface area contributed by atoms with Crippen molar-refractivity contribution in [3.63, 3.8) is 0 Å². The van der Waals surface area contributed by atoms with Crippen molar-refractivity contribution in [3.05, 3.63) is 0 Å². The highest BCUT2D eigenvalue weighted by molar-refractivity contribution is 6.71. The molecule has 0 aliphatic carbocycles. The minimum Gasteiger partial charge on any atom is -0.420 e. The average Bonchev–Trinajstić information content (AvgIpc) is 1.98. The Kier molecular flexibility index (Phi) is 5.42. The van der Waals surface area contributed by atoms with Gasteiger partial charge in [0.2, 0.25) is 0 Å². The van der Waals surface area contributed by atoms with E-state index in [4.69, 9.17) is 9.84 Å². The lowest BCUT2D eigenvalue weighted by Crippen LogP contribution is -2.27. The van der Waals surface area contributed by atoms with Crippen LogP contribution in [0.3, 0.4) is 0 Å². The van der Waals surface area contributed by atoms with Gasteiger partial charge in [-0.25, -0.2) is 0 Å². The Morgan fingerprint density at radius 2 is 1.92 bits per heavy atom. The predicted octanol–water partition coefficient (Wildman–Crippen LogP) is 3.05. The summed E-state index contributed by atoms with van der Waals surface area (Å²) in [5, 5.41) is 7.25. The Balaban J connectivity index is 3.37. The molecule has 0 saturated heterocycles. The van der Waals surface area contributed by atoms with Crippen molar-refractivity contribution >= 4 is 14.0 Å². The molecule has 12 heavy (non-hydrogen) atoms. The molecule has 0 rings (SSSR count). The number of hydrogen-bond donors (Lipinski definition) is 1. The maximum atomic E-state index is 7.25. The summed E-state index contributed by atoms with van der Waals surface area (Å²) in [6, 6.07) is 1.22. The summed E-state index contributed by atoms with van der Waals surface area (Å²) in [4.78, 5) is 0. The molecule has 2 nitrogen and oxygen atoms in total. The van der Waals surface area contributed by atoms with Gasteiger partial charge >= 0.3 is 0 Å². The van der Waals surface area contributed by atoms with Gasteiger partial charge < -0.3 is 9.84 Å². The quantitative estimate of drug-likeness (QED) is 0.387. The van der Waals surface area contributed by atoms with E-state index in [1.165, 1.54) is 12.5 Å². The lowest BCUT2D eigenvalue weighted by molar-refractivity contribution is 0.401. The van der Waals surface area contributed by atoms with Gasteiger partial charge in [-0.05, 0) is 38.9 Å². The van der Waals surface area contributed by atoms with Crippen LogP contribution < -0.4 is 0 Å². The summed E-state index contributed by atoms with van der Waals surface area (Å²) in [7, 11) is 0.494. The predicted molar refractivity (Wildman–Crippen MR) is 56.5 cm³/mol. The van der Waals surface area contributed by atoms with Crippen LogP contribution in [-0.4, -0.2) is 21.1 Å². The topological polar surface area (TPSA) is 33.1 Å². The zero-order chi connectivity index (χ0) is 9.61. The second-order valence-corrected chi connectivity index (χ2v) is 8.38. The van der Waals surface area contributed by atoms with E-state index < -0.39 is 8.32 Å². The van der Waals surface area contributed by atoms with E-state index in [1.807, 2.05) is 14.0 Å². The van der Waals surface area contributed by atoms with Gasteiger partial charge in [-0.3, -0.25) is 0 Å². The second kappa shape index (κ2) is 5.49. The van der Waals surface area contributed by atoms with Crippen LogP contribution in [0.1, 0.15) is 26.2 Å². The molecular formula is C9H21NOSi. The van der Waals surface area contributed by atoms with E-state index in [9.17, 15) is 0 Å². The Morgan fingerprint density at radius 1 is 1.33 bits per heavy atom. The van der Waals surface area contributed by atoms with E-state index in [1.54, 1.807) is 0 Å². The van der Waals surface area contributed by atoms with Gasteiger partial charge in [0.15, 0.2) is 8.32 Å². The zero-order valence-corrected chi connectivity index (χ0v) is 9.74. The minimum atomic E-state index is -1.32. The number of hydrogen-bond acceptors (Lipinski definition) is 2. The molecule has 0 fully saturated rings. The number of nitrogens with one attached hydrogen (secondary N) is 1. The average molecular weight is 187 g/mol. The van der Waals surface area contributed by atoms with Crippen LogP contribution in [0.2, 0.25) is 19.1 Å². The molecular weight excluding hydrogens is 166 g/mol. The fourth-order valence-corrected chi connectivity index (χ4v) is 2.35. The maximum absolute atomic E-state index is 7.25. The molecule has 0 atom stereocenters. The van der Waals surface area contributed by atoms with E-state index in [-0.39, 0.29) is 0 Å². The SMILES string of the molecule is CO[Si](C)(C)CCCCC(C)=N. The van der Waals surface area contributed by atoms with E-state index in [0.29, 0.717) is 0 Å². The highest BCUT2D eigenvalue weighted by atomic mass is 28.4. The number of rotatable bonds is 6. The molecule has 0 spiro atoms. The third kappa shape index (κ3) is 6.55. The van der Waals surface area contributed by atoms with Crippen LogP contribution in [0.25, 0.3) is 0 Å². The monoisotopic (exact) mass is 187 g/mol. The first kappa shape index (κ1) is 11.8. The van der Waals surface area contributed by atoms with Crippen LogP contribution >= 0.6 is 0 Å². The van der Waals surface area contributed by atoms with Gasteiger partial charge in [0.05, 0.1) is 0 Å². The highest BCUT2D eigenvalue weighted by Gasteiger charge is 2.19. The Morgan fingerprint density at radius 3 is 2.33 bits per heavy atom. The molecule has 0 radical (unpaired) electrons. The summed E-state index contributed by atoms with van der Waals surface area (Å²) >= 11 is 0. The van der Waals surface area contributed by atoms with Crippen LogP contribution in [0, 0.1) is 5.41 Å². The molecule has 0 aromatic carbocycles. The molecule has 0 unspecified atom stereocenters. The molecule has 0 bridgehead atoms. The van der Waals surface area contributed by atoms with E-state index >= 15 is 0 Å². The summed E-state index contributed by atoms with van der Waals surface area (Å²) in [6.45, 7) is 6.35. The Bertz CT molecular complexity index is 145. The van der Waals surface area contributed by atoms with Gasteiger partial charge in [0, 0.05) is 12.8 Å². The van der Waals surface area contributed by atoms with Crippen molar-refractivity contribution in [1.29, 1.82) is 5.41 Å². The molecule has 1 N–H and O–H groups in total. The third-order valence-corrected chi connectivity index (χ3v) is 4.80. The van der Waals surface area contributed by atoms with Crippen molar-refractivity contribution in [1.82, 2.24) is 0 Å². The smallest absolute Gasteiger partial charge is 0.186 e. The van der Waals surface area contributed by atoms with Crippen LogP contribution in [0.4, 0.5) is 0 Å². The maximum Gasteiger partial charge on any atom is 0.186 e. The molecule has 3 heteroatoms. The van der Waals surface area contributed by atoms with E-state index in [0.717, 1.165) is 18.6 Å². The summed E-state index contributed by atoms with van der Waals surface area (Å²) in [5.41, 5.74) is 0.798. The van der Waals surface area contributed by atoms with Crippen molar-refractivity contribution in [2.75, 3.05) is 7.11 Å². The van der Waals surface area contributed by atoms with E-state index in [2.05, 4.69) is 13.1 Å². The second-order valence-electron chi connectivity index (χ2n) is 3.95. The van der Waals surface area contributed by atoms with Crippen molar-refractivity contribution in [3.8, 4) is 0 Å². The van der Waals surface area contributed by atoms with Gasteiger partial charge in [-0.2, -0.15) is 0 Å². The first-order valence-electron chi connectivity index (χ1n) is 4.57. The summed E-state index contributed by atoms with van der Waals surface area (Å²) in [6.07, 6.45) is 3.31. The standard InChI is InChI=1S/C9H21NOSi/c1-9(10)7-5-6-8-12(3,4)11-2/h10H,5-8H2,1-4H3. The van der Waals surface area contributed by atoms with Crippen molar-refractivity contribution < 1.29 is 4.43 Å². The van der Waals surface area contributed by atoms with Crippen molar-refractivity contribution in [2.45, 2.75) is 45.3 Å². The molecule has 0 aromatic rings. The molecule has 72 valence electrons. The van der Waals surface area contributed by atoms with Crippen LogP contribution in [0.5, 0.6) is 0 Å². The fraction of sp³-hybridized carbons (Fsp3) is 0.889. The first-order chi connectivity index (χ1) is 5.48. The molecule has 0 saturated carbocycles. The molecule has 0 aliphatic heterocycles. The zero-order valence-electron chi connectivity index (χ0n) is 8.74. The van der Waals surface area contributed by atoms with Gasteiger partial charge in [0.25, 0.3) is 0 Å². The lowest BCUT2D eigenvalue weighted by Gasteiger charge is -2.19. The lowest BCUT2D eigenvalue weighted by atomic mass is 10.2. The molecule has 0 aliphatic rings. The van der Waals surface area contributed by atoms with Gasteiger partial charge in [-0.1, -0.05) is 6.42 Å². The Labute approximate surface area is 77.0 Å². The summed E-state index contributed by atoms with van der Waals surface area (Å²) < 4.78 is 5.43. The van der Waals surface area contributed by atoms with Gasteiger partial charge in [0.1, 0.15) is 0 Å². The fourth-order valence-electron chi connectivity index (χ4n) is 1.04. The highest BCUT2D eigenvalue weighted by Crippen LogP contribution is 2.14. The van der Waals surface area contributed by atoms with Gasteiger partial charge in [-0.15, -0.1) is 0 Å². The normalized spacial score (nSPS) is 11.7. The largest absolute Gasteiger partial charge is 0.420 e. The van der Waals surface area contributed by atoms with Crippen molar-refractivity contribution in [2.24, 2.45) is 0 Å². The first-order valence-corrected chi connectivity index (χ1v) is 7.68. The molecule has 0 amide bonds. The summed E-state index contributed by atoms with van der Waals surface area (Å²) in [5.74, 6) is 0. The minimum absolute atomic E-state index is 0.798. The van der Waals surface area contributed by atoms with Crippen LogP contribution in [0.15, 0.2) is 0 Å². The van der Waals surface area contributed by atoms with Crippen LogP contribution in [-0.2, 0) is 4.43 Å². The third-order valence-electron chi connectivity index (χ3n) is 2.13. The Hall–Kier alpha value is -0.153. The number of unbranched alkanes of at least 4 members (excludes halogenated alkanes) is 1. The molecule has 0 heterocycles. The molecule has 0 aromatic heterocycles.